The lowest BCUT2D eigenvalue weighted by atomic mass is 9.96. The van der Waals surface area contributed by atoms with Gasteiger partial charge in [0.1, 0.15) is 5.78 Å². The second-order valence-corrected chi connectivity index (χ2v) is 5.72. The van der Waals surface area contributed by atoms with E-state index in [-0.39, 0.29) is 6.04 Å². The summed E-state index contributed by atoms with van der Waals surface area (Å²) in [4.78, 5) is 14.4. The highest BCUT2D eigenvalue weighted by Crippen LogP contribution is 2.22. The number of likely N-dealkylation sites (tertiary alicyclic amines) is 1. The van der Waals surface area contributed by atoms with Gasteiger partial charge in [-0.3, -0.25) is 9.69 Å². The number of Topliss-reactive ketones (excluding diaryl/α,β-unsaturated/α-hetero) is 1. The largest absolute Gasteiger partial charge is 0.298 e. The van der Waals surface area contributed by atoms with Gasteiger partial charge in [0.15, 0.2) is 0 Å². The molecule has 1 heterocycles. The van der Waals surface area contributed by atoms with Crippen molar-refractivity contribution in [1.82, 2.24) is 4.90 Å². The average molecular weight is 259 g/mol. The number of hydrogen-bond acceptors (Lipinski definition) is 2. The molecule has 0 radical (unpaired) electrons. The normalized spacial score (nSPS) is 20.5. The smallest absolute Gasteiger partial charge is 0.149 e. The van der Waals surface area contributed by atoms with Crippen molar-refractivity contribution < 1.29 is 4.79 Å². The standard InChI is InChI=1S/C17H25NO/c1-4-17(19)16-7-5-6-10-18(16)12-15-9-8-13(2)14(3)11-15/h8-9,11,16H,4-7,10,12H2,1-3H3. The molecule has 1 aromatic rings. The minimum Gasteiger partial charge on any atom is -0.298 e. The molecule has 2 nitrogen and oxygen atoms in total. The Morgan fingerprint density at radius 2 is 2.05 bits per heavy atom. The molecule has 0 aromatic heterocycles. The fourth-order valence-electron chi connectivity index (χ4n) is 2.92. The van der Waals surface area contributed by atoms with Gasteiger partial charge < -0.3 is 0 Å². The Hall–Kier alpha value is -1.15. The Morgan fingerprint density at radius 1 is 1.26 bits per heavy atom. The first kappa shape index (κ1) is 14.3. The quantitative estimate of drug-likeness (QED) is 0.823. The Labute approximate surface area is 116 Å². The van der Waals surface area contributed by atoms with E-state index in [4.69, 9.17) is 0 Å². The van der Waals surface area contributed by atoms with Crippen LogP contribution >= 0.6 is 0 Å². The van der Waals surface area contributed by atoms with E-state index in [1.807, 2.05) is 6.92 Å². The summed E-state index contributed by atoms with van der Waals surface area (Å²) >= 11 is 0. The number of rotatable bonds is 4. The van der Waals surface area contributed by atoms with Crippen LogP contribution in [0.15, 0.2) is 18.2 Å². The van der Waals surface area contributed by atoms with Crippen molar-refractivity contribution in [3.63, 3.8) is 0 Å². The molecule has 0 amide bonds. The maximum atomic E-state index is 12.0. The molecule has 1 aliphatic rings. The van der Waals surface area contributed by atoms with E-state index in [9.17, 15) is 4.79 Å². The molecule has 2 rings (SSSR count). The van der Waals surface area contributed by atoms with Crippen molar-refractivity contribution >= 4 is 5.78 Å². The topological polar surface area (TPSA) is 20.3 Å². The summed E-state index contributed by atoms with van der Waals surface area (Å²) in [5.74, 6) is 0.406. The zero-order valence-corrected chi connectivity index (χ0v) is 12.4. The van der Waals surface area contributed by atoms with Crippen LogP contribution in [0, 0.1) is 13.8 Å². The monoisotopic (exact) mass is 259 g/mol. The number of nitrogens with zero attached hydrogens (tertiary/aromatic N) is 1. The highest BCUT2D eigenvalue weighted by molar-refractivity contribution is 5.83. The minimum atomic E-state index is 0.153. The first-order valence-corrected chi connectivity index (χ1v) is 7.44. The van der Waals surface area contributed by atoms with Crippen molar-refractivity contribution in [1.29, 1.82) is 0 Å². The van der Waals surface area contributed by atoms with Crippen LogP contribution in [0.3, 0.4) is 0 Å². The van der Waals surface area contributed by atoms with Gasteiger partial charge >= 0.3 is 0 Å². The van der Waals surface area contributed by atoms with Gasteiger partial charge in [-0.1, -0.05) is 31.5 Å². The van der Waals surface area contributed by atoms with Crippen molar-refractivity contribution in [3.8, 4) is 0 Å². The van der Waals surface area contributed by atoms with Crippen LogP contribution in [0.1, 0.15) is 49.3 Å². The number of ketones is 1. The van der Waals surface area contributed by atoms with E-state index < -0.39 is 0 Å². The molecule has 0 bridgehead atoms. The van der Waals surface area contributed by atoms with Crippen LogP contribution in [-0.2, 0) is 11.3 Å². The number of benzene rings is 1. The van der Waals surface area contributed by atoms with Crippen molar-refractivity contribution in [2.24, 2.45) is 0 Å². The fraction of sp³-hybridized carbons (Fsp3) is 0.588. The molecule has 1 fully saturated rings. The van der Waals surface area contributed by atoms with Gasteiger partial charge in [-0.05, 0) is 49.9 Å². The first-order valence-electron chi connectivity index (χ1n) is 7.44. The summed E-state index contributed by atoms with van der Waals surface area (Å²) < 4.78 is 0. The van der Waals surface area contributed by atoms with Gasteiger partial charge in [-0.15, -0.1) is 0 Å². The first-order chi connectivity index (χ1) is 9.11. The Balaban J connectivity index is 2.10. The molecule has 0 aliphatic carbocycles. The predicted molar refractivity (Wildman–Crippen MR) is 79.3 cm³/mol. The molecule has 0 spiro atoms. The van der Waals surface area contributed by atoms with Crippen LogP contribution < -0.4 is 0 Å². The van der Waals surface area contributed by atoms with E-state index in [2.05, 4.69) is 36.9 Å². The molecule has 1 saturated heterocycles. The predicted octanol–water partition coefficient (Wildman–Crippen LogP) is 3.64. The second-order valence-electron chi connectivity index (χ2n) is 5.72. The van der Waals surface area contributed by atoms with Crippen LogP contribution in [0.25, 0.3) is 0 Å². The molecule has 104 valence electrons. The average Bonchev–Trinajstić information content (AvgIpc) is 2.43. The van der Waals surface area contributed by atoms with Crippen molar-refractivity contribution in [3.05, 3.63) is 34.9 Å². The fourth-order valence-corrected chi connectivity index (χ4v) is 2.92. The lowest BCUT2D eigenvalue weighted by molar-refractivity contribution is -0.125. The van der Waals surface area contributed by atoms with E-state index in [0.29, 0.717) is 12.2 Å². The minimum absolute atomic E-state index is 0.153. The van der Waals surface area contributed by atoms with Crippen molar-refractivity contribution in [2.45, 2.75) is 59.0 Å². The van der Waals surface area contributed by atoms with Crippen molar-refractivity contribution in [2.75, 3.05) is 6.54 Å². The lowest BCUT2D eigenvalue weighted by Gasteiger charge is -2.34. The van der Waals surface area contributed by atoms with E-state index in [1.165, 1.54) is 29.5 Å². The zero-order valence-electron chi connectivity index (χ0n) is 12.4. The molecule has 1 atom stereocenters. The number of carbonyl (C=O) groups is 1. The van der Waals surface area contributed by atoms with Gasteiger partial charge in [0, 0.05) is 13.0 Å². The van der Waals surface area contributed by atoms with Crippen LogP contribution in [0.4, 0.5) is 0 Å². The SMILES string of the molecule is CCC(=O)C1CCCCN1Cc1ccc(C)c(C)c1. The van der Waals surface area contributed by atoms with Gasteiger partial charge in [0.25, 0.3) is 0 Å². The van der Waals surface area contributed by atoms with Crippen LogP contribution in [0.2, 0.25) is 0 Å². The van der Waals surface area contributed by atoms with E-state index in [0.717, 1.165) is 19.5 Å². The molecular formula is C17H25NO. The van der Waals surface area contributed by atoms with Gasteiger partial charge in [-0.25, -0.2) is 0 Å². The Kier molecular flexibility index (Phi) is 4.76. The summed E-state index contributed by atoms with van der Waals surface area (Å²) in [5, 5.41) is 0. The summed E-state index contributed by atoms with van der Waals surface area (Å²) in [7, 11) is 0. The molecule has 0 saturated carbocycles. The third-order valence-corrected chi connectivity index (χ3v) is 4.29. The van der Waals surface area contributed by atoms with Gasteiger partial charge in [-0.2, -0.15) is 0 Å². The summed E-state index contributed by atoms with van der Waals surface area (Å²) in [6, 6.07) is 6.80. The molecular weight excluding hydrogens is 234 g/mol. The molecule has 0 N–H and O–H groups in total. The number of hydrogen-bond donors (Lipinski definition) is 0. The summed E-state index contributed by atoms with van der Waals surface area (Å²) in [6.07, 6.45) is 4.11. The maximum Gasteiger partial charge on any atom is 0.149 e. The molecule has 1 aliphatic heterocycles. The lowest BCUT2D eigenvalue weighted by Crippen LogP contribution is -2.43. The van der Waals surface area contributed by atoms with E-state index in [1.54, 1.807) is 0 Å². The number of piperidine rings is 1. The summed E-state index contributed by atoms with van der Waals surface area (Å²) in [5.41, 5.74) is 4.01. The highest BCUT2D eigenvalue weighted by Gasteiger charge is 2.27. The molecule has 1 unspecified atom stereocenters. The molecule has 2 heteroatoms. The molecule has 1 aromatic carbocycles. The highest BCUT2D eigenvalue weighted by atomic mass is 16.1. The zero-order chi connectivity index (χ0) is 13.8. The van der Waals surface area contributed by atoms with Crippen LogP contribution in [-0.4, -0.2) is 23.3 Å². The Bertz CT molecular complexity index is 453. The maximum absolute atomic E-state index is 12.0. The second kappa shape index (κ2) is 6.33. The molecule has 19 heavy (non-hydrogen) atoms. The third kappa shape index (κ3) is 3.44. The summed E-state index contributed by atoms with van der Waals surface area (Å²) in [6.45, 7) is 8.25. The third-order valence-electron chi connectivity index (χ3n) is 4.29. The number of aryl methyl sites for hydroxylation is 2. The Morgan fingerprint density at radius 3 is 2.74 bits per heavy atom. The van der Waals surface area contributed by atoms with Gasteiger partial charge in [0.2, 0.25) is 0 Å². The van der Waals surface area contributed by atoms with Crippen LogP contribution in [0.5, 0.6) is 0 Å². The van der Waals surface area contributed by atoms with Gasteiger partial charge in [0.05, 0.1) is 6.04 Å². The number of carbonyl (C=O) groups excluding carboxylic acids is 1. The van der Waals surface area contributed by atoms with E-state index >= 15 is 0 Å².